The topological polar surface area (TPSA) is 159 Å². The molecule has 1 radical (unpaired) electrons. The summed E-state index contributed by atoms with van der Waals surface area (Å²) in [6.45, 7) is 5.40. The molecular weight excluding hydrogens is 1010 g/mol. The van der Waals surface area contributed by atoms with E-state index in [9.17, 15) is 19.2 Å². The summed E-state index contributed by atoms with van der Waals surface area (Å²) in [4.78, 5) is 68.3. The minimum atomic E-state index is -0.432. The van der Waals surface area contributed by atoms with Gasteiger partial charge in [0.05, 0.1) is 22.8 Å². The number of fused-ring (bicyclic) bond motifs is 8. The fourth-order valence-corrected chi connectivity index (χ4v) is 7.69. The molecule has 4 aromatic carbocycles. The van der Waals surface area contributed by atoms with E-state index in [1.807, 2.05) is 97.1 Å². The minimum absolute atomic E-state index is 0. The Morgan fingerprint density at radius 1 is 0.338 bits per heavy atom. The molecule has 0 aliphatic carbocycles. The number of carbonyl (C=O) groups excluding carboxylic acids is 4. The first-order chi connectivity index (χ1) is 30.9. The third-order valence-electron chi connectivity index (χ3n) is 10.2. The zero-order valence-corrected chi connectivity index (χ0v) is 37.4. The minimum Gasteiger partial charge on any atom is -0.657 e. The van der Waals surface area contributed by atoms with E-state index < -0.39 is 23.9 Å². The summed E-state index contributed by atoms with van der Waals surface area (Å²) in [7, 11) is 0. The maximum atomic E-state index is 11.8. The fraction of sp³-hybridized carbons (Fsp3) is 0.0769. The first-order valence-corrected chi connectivity index (χ1v) is 20.2. The number of carbonyl (C=O) groups is 4. The van der Waals surface area contributed by atoms with Crippen molar-refractivity contribution >= 4 is 70.2 Å². The van der Waals surface area contributed by atoms with Gasteiger partial charge in [0.1, 0.15) is 23.0 Å². The van der Waals surface area contributed by atoms with Crippen molar-refractivity contribution in [2.24, 2.45) is 0 Å². The van der Waals surface area contributed by atoms with Crippen LogP contribution in [0.5, 0.6) is 23.0 Å². The van der Waals surface area contributed by atoms with Gasteiger partial charge < -0.3 is 28.9 Å². The van der Waals surface area contributed by atoms with Gasteiger partial charge in [0.15, 0.2) is 0 Å². The van der Waals surface area contributed by atoms with E-state index in [0.717, 1.165) is 22.3 Å². The van der Waals surface area contributed by atoms with Crippen LogP contribution in [0.25, 0.3) is 90.9 Å². The van der Waals surface area contributed by atoms with Gasteiger partial charge in [-0.15, -0.1) is 22.1 Å². The Kier molecular flexibility index (Phi) is 12.4. The molecule has 3 aromatic heterocycles. The number of benzene rings is 4. The molecule has 0 unspecified atom stereocenters. The third kappa shape index (κ3) is 9.41. The van der Waals surface area contributed by atoms with E-state index in [0.29, 0.717) is 90.1 Å². The number of hydrogen-bond donors (Lipinski definition) is 0. The number of nitrogens with zero attached hydrogens (tertiary/aromatic N) is 4. The summed E-state index contributed by atoms with van der Waals surface area (Å²) in [5, 5.41) is 0. The van der Waals surface area contributed by atoms with Crippen molar-refractivity contribution in [3.05, 3.63) is 144 Å². The summed E-state index contributed by atoms with van der Waals surface area (Å²) in [6, 6.07) is 36.4. The zero-order valence-electron chi connectivity index (χ0n) is 35.2. The number of esters is 4. The zero-order chi connectivity index (χ0) is 44.5. The molecule has 8 bridgehead atoms. The van der Waals surface area contributed by atoms with Gasteiger partial charge in [-0.25, -0.2) is 9.97 Å². The molecule has 0 atom stereocenters. The van der Waals surface area contributed by atoms with Gasteiger partial charge in [-0.3, -0.25) is 19.2 Å². The Balaban J connectivity index is 0.00000576. The molecule has 0 amide bonds. The van der Waals surface area contributed by atoms with Crippen molar-refractivity contribution < 1.29 is 60.5 Å². The van der Waals surface area contributed by atoms with Crippen LogP contribution in [0.1, 0.15) is 50.5 Å². The Labute approximate surface area is 388 Å². The summed E-state index contributed by atoms with van der Waals surface area (Å²) < 4.78 is 21.5. The summed E-state index contributed by atoms with van der Waals surface area (Å²) in [5.74, 6) is -0.152. The third-order valence-corrected chi connectivity index (χ3v) is 10.2. The molecule has 5 heterocycles. The van der Waals surface area contributed by atoms with Crippen molar-refractivity contribution in [1.29, 1.82) is 0 Å². The van der Waals surface area contributed by atoms with Crippen molar-refractivity contribution in [1.82, 2.24) is 19.9 Å². The molecule has 0 saturated heterocycles. The standard InChI is InChI=1S/C52H36N4O8.Au/c1-29(57)61-37-13-5-33(6-14-37)49-41-21-23-43(53-41)50(34-7-15-38(16-8-34)62-30(2)58)45-25-27-47(55-45)52(36-11-19-40(20-12-36)64-32(4)60)48-28-26-46(56-48)51(44-24-22-42(49)54-44)35-9-17-39(18-10-35)63-31(3)59;/h5-28H,1-4H3;/q-2;. The van der Waals surface area contributed by atoms with Crippen LogP contribution in [-0.4, -0.2) is 33.8 Å². The van der Waals surface area contributed by atoms with Crippen LogP contribution in [0.3, 0.4) is 0 Å². The first-order valence-electron chi connectivity index (χ1n) is 20.2. The number of aromatic nitrogens is 4. The summed E-state index contributed by atoms with van der Waals surface area (Å²) >= 11 is 0. The van der Waals surface area contributed by atoms with E-state index >= 15 is 0 Å². The van der Waals surface area contributed by atoms with Crippen molar-refractivity contribution in [2.45, 2.75) is 27.7 Å². The number of ether oxygens (including phenoxy) is 4. The normalized spacial score (nSPS) is 11.4. The van der Waals surface area contributed by atoms with Gasteiger partial charge >= 0.3 is 23.9 Å². The van der Waals surface area contributed by atoms with Crippen LogP contribution in [0.15, 0.2) is 121 Å². The summed E-state index contributed by atoms with van der Waals surface area (Å²) in [5.41, 5.74) is 10.9. The predicted octanol–water partition coefficient (Wildman–Crippen LogP) is 10.3. The van der Waals surface area contributed by atoms with Crippen molar-refractivity contribution in [3.63, 3.8) is 0 Å². The van der Waals surface area contributed by atoms with E-state index in [4.69, 9.17) is 38.9 Å². The molecule has 65 heavy (non-hydrogen) atoms. The van der Waals surface area contributed by atoms with Gasteiger partial charge in [0.25, 0.3) is 0 Å². The molecule has 2 aliphatic rings. The van der Waals surface area contributed by atoms with Gasteiger partial charge in [-0.05, 0) is 117 Å². The molecule has 2 aliphatic heterocycles. The number of rotatable bonds is 8. The monoisotopic (exact) mass is 1040 g/mol. The SMILES string of the molecule is CC(=O)Oc1ccc(-c2c3nc(c(-c4ccc(OC(C)=O)cc4)c4ccc([n-]4)c(-c4ccc(OC(C)=O)cc4)c4nc(c(-c5ccc(OC(C)=O)cc5)c5ccc2[n-]5)C=C4)C=C3)cc1.[Au]. The van der Waals surface area contributed by atoms with Crippen LogP contribution in [-0.2, 0) is 41.6 Å². The van der Waals surface area contributed by atoms with E-state index in [1.54, 1.807) is 48.5 Å². The molecule has 0 N–H and O–H groups in total. The van der Waals surface area contributed by atoms with Crippen LogP contribution in [0, 0.1) is 0 Å². The quantitative estimate of drug-likeness (QED) is 0.0807. The van der Waals surface area contributed by atoms with Crippen molar-refractivity contribution in [3.8, 4) is 67.5 Å². The van der Waals surface area contributed by atoms with E-state index in [1.165, 1.54) is 27.7 Å². The molecule has 0 fully saturated rings. The maximum Gasteiger partial charge on any atom is 0.308 e. The molecule has 325 valence electrons. The Morgan fingerprint density at radius 2 is 0.538 bits per heavy atom. The smallest absolute Gasteiger partial charge is 0.308 e. The average Bonchev–Trinajstić information content (AvgIpc) is 4.11. The average molecular weight is 1040 g/mol. The first kappa shape index (κ1) is 43.7. The van der Waals surface area contributed by atoms with Gasteiger partial charge in [-0.1, -0.05) is 72.8 Å². The molecule has 9 rings (SSSR count). The van der Waals surface area contributed by atoms with Crippen LogP contribution < -0.4 is 28.9 Å². The predicted molar refractivity (Wildman–Crippen MR) is 244 cm³/mol. The maximum absolute atomic E-state index is 11.8. The molecular formula is C52H36AuN4O8-2. The Bertz CT molecular complexity index is 2830. The molecule has 7 aromatic rings. The van der Waals surface area contributed by atoms with Gasteiger partial charge in [0, 0.05) is 50.1 Å². The molecule has 12 nitrogen and oxygen atoms in total. The Morgan fingerprint density at radius 3 is 0.723 bits per heavy atom. The number of hydrogen-bond acceptors (Lipinski definition) is 10. The molecule has 13 heteroatoms. The fourth-order valence-electron chi connectivity index (χ4n) is 7.69. The van der Waals surface area contributed by atoms with Crippen LogP contribution >= 0.6 is 0 Å². The van der Waals surface area contributed by atoms with E-state index in [-0.39, 0.29) is 22.4 Å². The van der Waals surface area contributed by atoms with Crippen molar-refractivity contribution in [2.75, 3.05) is 0 Å². The van der Waals surface area contributed by atoms with E-state index in [2.05, 4.69) is 0 Å². The van der Waals surface area contributed by atoms with Gasteiger partial charge in [-0.2, -0.15) is 0 Å². The van der Waals surface area contributed by atoms with Crippen LogP contribution in [0.4, 0.5) is 0 Å². The molecule has 0 spiro atoms. The largest absolute Gasteiger partial charge is 0.657 e. The summed E-state index contributed by atoms with van der Waals surface area (Å²) in [6.07, 6.45) is 7.72. The second-order valence-electron chi connectivity index (χ2n) is 14.8. The Hall–Kier alpha value is -7.90. The van der Waals surface area contributed by atoms with Crippen LogP contribution in [0.2, 0.25) is 0 Å². The second-order valence-corrected chi connectivity index (χ2v) is 14.8. The molecule has 0 saturated carbocycles. The van der Waals surface area contributed by atoms with Gasteiger partial charge in [0.2, 0.25) is 0 Å². The second kappa shape index (κ2) is 18.4.